The van der Waals surface area contributed by atoms with E-state index in [1.54, 1.807) is 0 Å². The van der Waals surface area contributed by atoms with Crippen LogP contribution < -0.4 is 5.32 Å². The molecule has 4 rings (SSSR count). The summed E-state index contributed by atoms with van der Waals surface area (Å²) in [6, 6.07) is 26.9. The molecule has 1 aliphatic heterocycles. The zero-order chi connectivity index (χ0) is 12.7. The fraction of sp³-hybridized carbons (Fsp3) is 0.111. The van der Waals surface area contributed by atoms with Gasteiger partial charge < -0.3 is 0 Å². The van der Waals surface area contributed by atoms with E-state index in [0.717, 1.165) is 0 Å². The molecule has 1 N–H and O–H groups in total. The molecule has 1 nitrogen and oxygen atoms in total. The van der Waals surface area contributed by atoms with E-state index in [0.29, 0.717) is 12.1 Å². The maximum absolute atomic E-state index is 3.57. The van der Waals surface area contributed by atoms with E-state index < -0.39 is 0 Å². The fourth-order valence-corrected chi connectivity index (χ4v) is 2.78. The summed E-state index contributed by atoms with van der Waals surface area (Å²) in [5.41, 5.74) is 2.76. The summed E-state index contributed by atoms with van der Waals surface area (Å²) in [6.45, 7) is 0. The van der Waals surface area contributed by atoms with Crippen molar-refractivity contribution in [3.05, 3.63) is 83.9 Å². The highest BCUT2D eigenvalue weighted by Crippen LogP contribution is 2.42. The SMILES string of the molecule is c1ccc(C2NC2c2ccc3ccccc3c2)cc1. The summed E-state index contributed by atoms with van der Waals surface area (Å²) in [5.74, 6) is 0. The molecule has 1 fully saturated rings. The second kappa shape index (κ2) is 4.22. The van der Waals surface area contributed by atoms with Gasteiger partial charge in [0.1, 0.15) is 0 Å². The first kappa shape index (κ1) is 10.8. The van der Waals surface area contributed by atoms with E-state index in [1.165, 1.54) is 21.9 Å². The van der Waals surface area contributed by atoms with Crippen molar-refractivity contribution in [1.82, 2.24) is 5.32 Å². The predicted molar refractivity (Wildman–Crippen MR) is 79.0 cm³/mol. The van der Waals surface area contributed by atoms with Gasteiger partial charge in [-0.05, 0) is 28.0 Å². The first-order valence-electron chi connectivity index (χ1n) is 6.71. The molecule has 1 heteroatoms. The van der Waals surface area contributed by atoms with Crippen molar-refractivity contribution in [3.63, 3.8) is 0 Å². The van der Waals surface area contributed by atoms with Crippen molar-refractivity contribution < 1.29 is 0 Å². The van der Waals surface area contributed by atoms with Gasteiger partial charge in [-0.2, -0.15) is 0 Å². The minimum Gasteiger partial charge on any atom is -0.300 e. The monoisotopic (exact) mass is 245 g/mol. The Morgan fingerprint density at radius 1 is 0.579 bits per heavy atom. The van der Waals surface area contributed by atoms with E-state index in [2.05, 4.69) is 78.1 Å². The molecule has 2 unspecified atom stereocenters. The van der Waals surface area contributed by atoms with E-state index in [1.807, 2.05) is 0 Å². The van der Waals surface area contributed by atoms with Crippen LogP contribution in [0.2, 0.25) is 0 Å². The number of nitrogens with one attached hydrogen (secondary N) is 1. The van der Waals surface area contributed by atoms with Crippen LogP contribution in [0.5, 0.6) is 0 Å². The average Bonchev–Trinajstić information content (AvgIpc) is 3.28. The summed E-state index contributed by atoms with van der Waals surface area (Å²) < 4.78 is 0. The quantitative estimate of drug-likeness (QED) is 0.671. The van der Waals surface area contributed by atoms with Gasteiger partial charge in [0.15, 0.2) is 0 Å². The van der Waals surface area contributed by atoms with Crippen molar-refractivity contribution in [2.24, 2.45) is 0 Å². The van der Waals surface area contributed by atoms with Crippen molar-refractivity contribution in [3.8, 4) is 0 Å². The van der Waals surface area contributed by atoms with Crippen molar-refractivity contribution in [1.29, 1.82) is 0 Å². The van der Waals surface area contributed by atoms with Gasteiger partial charge in [0.2, 0.25) is 0 Å². The normalized spacial score (nSPS) is 21.5. The minimum atomic E-state index is 0.465. The van der Waals surface area contributed by atoms with Crippen LogP contribution >= 0.6 is 0 Å². The molecule has 19 heavy (non-hydrogen) atoms. The van der Waals surface area contributed by atoms with E-state index in [-0.39, 0.29) is 0 Å². The minimum absolute atomic E-state index is 0.465. The van der Waals surface area contributed by atoms with E-state index in [9.17, 15) is 0 Å². The van der Waals surface area contributed by atoms with Crippen LogP contribution in [0.3, 0.4) is 0 Å². The number of hydrogen-bond acceptors (Lipinski definition) is 1. The largest absolute Gasteiger partial charge is 0.300 e. The van der Waals surface area contributed by atoms with Crippen LogP contribution in [0.4, 0.5) is 0 Å². The van der Waals surface area contributed by atoms with Crippen LogP contribution in [-0.4, -0.2) is 0 Å². The van der Waals surface area contributed by atoms with Crippen LogP contribution in [-0.2, 0) is 0 Å². The lowest BCUT2D eigenvalue weighted by Gasteiger charge is -2.02. The summed E-state index contributed by atoms with van der Waals surface area (Å²) >= 11 is 0. The molecule has 2 atom stereocenters. The average molecular weight is 245 g/mol. The Morgan fingerprint density at radius 2 is 1.26 bits per heavy atom. The molecule has 0 spiro atoms. The van der Waals surface area contributed by atoms with Crippen LogP contribution in [0.25, 0.3) is 10.8 Å². The zero-order valence-corrected chi connectivity index (χ0v) is 10.6. The van der Waals surface area contributed by atoms with Gasteiger partial charge in [0.05, 0.1) is 12.1 Å². The predicted octanol–water partition coefficient (Wildman–Crippen LogP) is 4.23. The van der Waals surface area contributed by atoms with E-state index in [4.69, 9.17) is 0 Å². The molecular formula is C18H15N. The molecule has 0 radical (unpaired) electrons. The lowest BCUT2D eigenvalue weighted by molar-refractivity contribution is 1.03. The molecule has 0 saturated carbocycles. The van der Waals surface area contributed by atoms with Gasteiger partial charge in [-0.3, -0.25) is 5.32 Å². The molecule has 0 amide bonds. The number of hydrogen-bond donors (Lipinski definition) is 1. The highest BCUT2D eigenvalue weighted by atomic mass is 15.1. The Labute approximate surface area is 112 Å². The van der Waals surface area contributed by atoms with Gasteiger partial charge in [-0.25, -0.2) is 0 Å². The summed E-state index contributed by atoms with van der Waals surface area (Å²) in [4.78, 5) is 0. The van der Waals surface area contributed by atoms with Gasteiger partial charge in [-0.1, -0.05) is 66.7 Å². The fourth-order valence-electron chi connectivity index (χ4n) is 2.78. The highest BCUT2D eigenvalue weighted by molar-refractivity contribution is 5.83. The lowest BCUT2D eigenvalue weighted by Crippen LogP contribution is -1.84. The molecule has 1 aliphatic rings. The first-order valence-corrected chi connectivity index (χ1v) is 6.71. The molecule has 92 valence electrons. The van der Waals surface area contributed by atoms with E-state index >= 15 is 0 Å². The number of rotatable bonds is 2. The Hall–Kier alpha value is -2.12. The maximum Gasteiger partial charge on any atom is 0.0524 e. The summed E-state index contributed by atoms with van der Waals surface area (Å²) in [5, 5.41) is 6.19. The van der Waals surface area contributed by atoms with Crippen molar-refractivity contribution in [2.75, 3.05) is 0 Å². The first-order chi connectivity index (χ1) is 9.42. The topological polar surface area (TPSA) is 21.9 Å². The Balaban J connectivity index is 1.66. The zero-order valence-electron chi connectivity index (χ0n) is 10.6. The Kier molecular flexibility index (Phi) is 2.39. The molecular weight excluding hydrogens is 230 g/mol. The third-order valence-electron chi connectivity index (χ3n) is 3.87. The van der Waals surface area contributed by atoms with Gasteiger partial charge in [0.25, 0.3) is 0 Å². The molecule has 0 aliphatic carbocycles. The highest BCUT2D eigenvalue weighted by Gasteiger charge is 2.38. The maximum atomic E-state index is 3.57. The second-order valence-corrected chi connectivity index (χ2v) is 5.14. The molecule has 1 saturated heterocycles. The number of fused-ring (bicyclic) bond motifs is 1. The molecule has 0 aromatic heterocycles. The third kappa shape index (κ3) is 1.92. The van der Waals surface area contributed by atoms with Gasteiger partial charge >= 0.3 is 0 Å². The molecule has 0 bridgehead atoms. The summed E-state index contributed by atoms with van der Waals surface area (Å²) in [7, 11) is 0. The molecule has 3 aromatic rings. The Bertz CT molecular complexity index is 718. The van der Waals surface area contributed by atoms with Gasteiger partial charge in [-0.15, -0.1) is 0 Å². The smallest absolute Gasteiger partial charge is 0.0524 e. The van der Waals surface area contributed by atoms with Crippen molar-refractivity contribution >= 4 is 10.8 Å². The van der Waals surface area contributed by atoms with Crippen LogP contribution in [0.15, 0.2) is 72.8 Å². The number of benzene rings is 3. The third-order valence-corrected chi connectivity index (χ3v) is 3.87. The lowest BCUT2D eigenvalue weighted by atomic mass is 10.0. The van der Waals surface area contributed by atoms with Gasteiger partial charge in [0, 0.05) is 0 Å². The Morgan fingerprint density at radius 3 is 2.11 bits per heavy atom. The molecule has 1 heterocycles. The van der Waals surface area contributed by atoms with Crippen LogP contribution in [0, 0.1) is 0 Å². The standard InChI is InChI=1S/C18H15N/c1-2-7-14(8-3-1)17-18(19-17)16-11-10-13-6-4-5-9-15(13)12-16/h1-12,17-19H. The second-order valence-electron chi connectivity index (χ2n) is 5.14. The molecule has 3 aromatic carbocycles. The van der Waals surface area contributed by atoms with Crippen LogP contribution in [0.1, 0.15) is 23.2 Å². The van der Waals surface area contributed by atoms with Crippen molar-refractivity contribution in [2.45, 2.75) is 12.1 Å². The summed E-state index contributed by atoms with van der Waals surface area (Å²) in [6.07, 6.45) is 0.